The topological polar surface area (TPSA) is 43.1 Å². The number of nitrogens with zero attached hydrogens (tertiary/aromatic N) is 1. The molecule has 0 aliphatic rings. The fourth-order valence-electron chi connectivity index (χ4n) is 1.23. The third-order valence-electron chi connectivity index (χ3n) is 2.16. The maximum Gasteiger partial charge on any atom is 0.288 e. The van der Waals surface area contributed by atoms with Gasteiger partial charge in [-0.05, 0) is 18.1 Å². The molecule has 86 valence electrons. The van der Waals surface area contributed by atoms with Crippen LogP contribution in [0.3, 0.4) is 0 Å². The molecule has 0 spiro atoms. The molecule has 0 saturated carbocycles. The zero-order chi connectivity index (χ0) is 12.1. The molecule has 5 heteroatoms. The molecule has 0 unspecified atom stereocenters. The molecule has 0 heterocycles. The van der Waals surface area contributed by atoms with Gasteiger partial charge >= 0.3 is 0 Å². The van der Waals surface area contributed by atoms with Crippen molar-refractivity contribution in [3.05, 3.63) is 44.5 Å². The molecule has 0 radical (unpaired) electrons. The van der Waals surface area contributed by atoms with Gasteiger partial charge in [0.15, 0.2) is 0 Å². The smallest absolute Gasteiger partial charge is 0.258 e. The first-order valence-electron chi connectivity index (χ1n) is 4.77. The molecule has 0 bridgehead atoms. The molecule has 1 aromatic carbocycles. The van der Waals surface area contributed by atoms with Crippen molar-refractivity contribution in [3.8, 4) is 0 Å². The SMILES string of the molecule is CCC(=Cc1ccc(Cl)c([N+](=O)[O-])c1)CCl. The summed E-state index contributed by atoms with van der Waals surface area (Å²) in [5.74, 6) is 0.424. The third-order valence-corrected chi connectivity index (χ3v) is 2.83. The quantitative estimate of drug-likeness (QED) is 0.460. The summed E-state index contributed by atoms with van der Waals surface area (Å²) in [6.07, 6.45) is 2.66. The van der Waals surface area contributed by atoms with Crippen molar-refractivity contribution in [3.63, 3.8) is 0 Å². The van der Waals surface area contributed by atoms with Crippen LogP contribution >= 0.6 is 23.2 Å². The van der Waals surface area contributed by atoms with Crippen molar-refractivity contribution >= 4 is 35.0 Å². The van der Waals surface area contributed by atoms with Crippen LogP contribution in [0.5, 0.6) is 0 Å². The van der Waals surface area contributed by atoms with E-state index < -0.39 is 4.92 Å². The molecule has 0 amide bonds. The Bertz CT molecular complexity index is 424. The average molecular weight is 260 g/mol. The molecule has 16 heavy (non-hydrogen) atoms. The lowest BCUT2D eigenvalue weighted by atomic mass is 10.1. The van der Waals surface area contributed by atoms with Crippen LogP contribution in [0.2, 0.25) is 5.02 Å². The van der Waals surface area contributed by atoms with E-state index in [0.29, 0.717) is 5.88 Å². The lowest BCUT2D eigenvalue weighted by molar-refractivity contribution is -0.384. The molecular formula is C11H11Cl2NO2. The highest BCUT2D eigenvalue weighted by Crippen LogP contribution is 2.26. The molecule has 0 fully saturated rings. The predicted octanol–water partition coefficient (Wildman–Crippen LogP) is 4.28. The van der Waals surface area contributed by atoms with Gasteiger partial charge in [0.25, 0.3) is 5.69 Å². The number of hydrogen-bond donors (Lipinski definition) is 0. The Kier molecular flexibility index (Phi) is 4.77. The van der Waals surface area contributed by atoms with Crippen LogP contribution in [-0.2, 0) is 0 Å². The second kappa shape index (κ2) is 5.87. The summed E-state index contributed by atoms with van der Waals surface area (Å²) in [4.78, 5) is 10.2. The van der Waals surface area contributed by atoms with Gasteiger partial charge in [0.1, 0.15) is 5.02 Å². The van der Waals surface area contributed by atoms with Gasteiger partial charge in [-0.15, -0.1) is 11.6 Å². The van der Waals surface area contributed by atoms with E-state index in [0.717, 1.165) is 17.6 Å². The van der Waals surface area contributed by atoms with Gasteiger partial charge in [0.2, 0.25) is 0 Å². The van der Waals surface area contributed by atoms with Crippen molar-refractivity contribution in [1.82, 2.24) is 0 Å². The van der Waals surface area contributed by atoms with Crippen molar-refractivity contribution in [2.75, 3.05) is 5.88 Å². The fourth-order valence-corrected chi connectivity index (χ4v) is 1.68. The van der Waals surface area contributed by atoms with Crippen LogP contribution < -0.4 is 0 Å². The number of alkyl halides is 1. The highest BCUT2D eigenvalue weighted by molar-refractivity contribution is 6.32. The summed E-state index contributed by atoms with van der Waals surface area (Å²) in [6, 6.07) is 4.70. The zero-order valence-corrected chi connectivity index (χ0v) is 10.3. The molecule has 0 saturated heterocycles. The molecule has 3 nitrogen and oxygen atoms in total. The highest BCUT2D eigenvalue weighted by Gasteiger charge is 2.11. The Hall–Kier alpha value is -1.06. The predicted molar refractivity (Wildman–Crippen MR) is 67.1 cm³/mol. The number of allylic oxidation sites excluding steroid dienone is 1. The van der Waals surface area contributed by atoms with Gasteiger partial charge in [-0.3, -0.25) is 10.1 Å². The molecular weight excluding hydrogens is 249 g/mol. The first-order valence-corrected chi connectivity index (χ1v) is 5.69. The van der Waals surface area contributed by atoms with Crippen molar-refractivity contribution in [2.45, 2.75) is 13.3 Å². The van der Waals surface area contributed by atoms with E-state index in [-0.39, 0.29) is 10.7 Å². The van der Waals surface area contributed by atoms with Crippen LogP contribution in [0.25, 0.3) is 6.08 Å². The van der Waals surface area contributed by atoms with E-state index in [4.69, 9.17) is 23.2 Å². The molecule has 0 aliphatic carbocycles. The van der Waals surface area contributed by atoms with Crippen molar-refractivity contribution in [2.24, 2.45) is 0 Å². The summed E-state index contributed by atoms with van der Waals surface area (Å²) in [6.45, 7) is 1.98. The van der Waals surface area contributed by atoms with Gasteiger partial charge < -0.3 is 0 Å². The normalized spacial score (nSPS) is 11.6. The third kappa shape index (κ3) is 3.22. The standard InChI is InChI=1S/C11H11Cl2NO2/c1-2-8(7-12)5-9-3-4-10(13)11(6-9)14(15)16/h3-6H,2,7H2,1H3. The molecule has 0 N–H and O–H groups in total. The summed E-state index contributed by atoms with van der Waals surface area (Å²) >= 11 is 11.4. The van der Waals surface area contributed by atoms with Crippen molar-refractivity contribution in [1.29, 1.82) is 0 Å². The lowest BCUT2D eigenvalue weighted by Gasteiger charge is -2.01. The van der Waals surface area contributed by atoms with Crippen LogP contribution in [-0.4, -0.2) is 10.8 Å². The minimum Gasteiger partial charge on any atom is -0.258 e. The van der Waals surface area contributed by atoms with Crippen molar-refractivity contribution < 1.29 is 4.92 Å². The van der Waals surface area contributed by atoms with Crippen LogP contribution in [0.15, 0.2) is 23.8 Å². The minimum atomic E-state index is -0.494. The van der Waals surface area contributed by atoms with E-state index in [1.54, 1.807) is 6.07 Å². The molecule has 1 rings (SSSR count). The number of nitro groups is 1. The lowest BCUT2D eigenvalue weighted by Crippen LogP contribution is -1.90. The molecule has 0 aliphatic heterocycles. The van der Waals surface area contributed by atoms with Crippen LogP contribution in [0, 0.1) is 10.1 Å². The van der Waals surface area contributed by atoms with Gasteiger partial charge in [0.05, 0.1) is 4.92 Å². The Balaban J connectivity index is 3.12. The Labute approximate surface area is 104 Å². The molecule has 0 aromatic heterocycles. The summed E-state index contributed by atoms with van der Waals surface area (Å²) in [5, 5.41) is 10.8. The second-order valence-corrected chi connectivity index (χ2v) is 3.93. The van der Waals surface area contributed by atoms with E-state index in [1.165, 1.54) is 12.1 Å². The largest absolute Gasteiger partial charge is 0.288 e. The first-order chi connectivity index (χ1) is 7.58. The van der Waals surface area contributed by atoms with E-state index >= 15 is 0 Å². The van der Waals surface area contributed by atoms with E-state index in [1.807, 2.05) is 13.0 Å². The molecule has 0 atom stereocenters. The first kappa shape index (κ1) is 13.0. The Morgan fingerprint density at radius 3 is 2.75 bits per heavy atom. The number of nitro benzene ring substituents is 1. The number of hydrogen-bond acceptors (Lipinski definition) is 2. The van der Waals surface area contributed by atoms with Gasteiger partial charge in [-0.2, -0.15) is 0 Å². The zero-order valence-electron chi connectivity index (χ0n) is 8.74. The number of halogens is 2. The van der Waals surface area contributed by atoms with E-state index in [2.05, 4.69) is 0 Å². The van der Waals surface area contributed by atoms with Crippen LogP contribution in [0.1, 0.15) is 18.9 Å². The maximum absolute atomic E-state index is 10.7. The van der Waals surface area contributed by atoms with Crippen LogP contribution in [0.4, 0.5) is 5.69 Å². The average Bonchev–Trinajstić information content (AvgIpc) is 2.27. The summed E-state index contributed by atoms with van der Waals surface area (Å²) in [7, 11) is 0. The van der Waals surface area contributed by atoms with E-state index in [9.17, 15) is 10.1 Å². The molecule has 1 aromatic rings. The van der Waals surface area contributed by atoms with Gasteiger partial charge in [0, 0.05) is 11.9 Å². The summed E-state index contributed by atoms with van der Waals surface area (Å²) < 4.78 is 0. The monoisotopic (exact) mass is 259 g/mol. The van der Waals surface area contributed by atoms with Gasteiger partial charge in [-0.25, -0.2) is 0 Å². The number of rotatable bonds is 4. The fraction of sp³-hybridized carbons (Fsp3) is 0.273. The number of benzene rings is 1. The maximum atomic E-state index is 10.7. The minimum absolute atomic E-state index is 0.0829. The summed E-state index contributed by atoms with van der Waals surface area (Å²) in [5.41, 5.74) is 1.69. The Morgan fingerprint density at radius 1 is 1.56 bits per heavy atom. The Morgan fingerprint density at radius 2 is 2.25 bits per heavy atom. The second-order valence-electron chi connectivity index (χ2n) is 3.26. The highest BCUT2D eigenvalue weighted by atomic mass is 35.5. The van der Waals surface area contributed by atoms with Gasteiger partial charge in [-0.1, -0.05) is 36.2 Å².